The molecule has 0 radical (unpaired) electrons. The van der Waals surface area contributed by atoms with Gasteiger partial charge in [0, 0.05) is 6.92 Å². The van der Waals surface area contributed by atoms with Crippen molar-refractivity contribution in [3.05, 3.63) is 5.21 Å². The highest BCUT2D eigenvalue weighted by Crippen LogP contribution is 2.35. The highest BCUT2D eigenvalue weighted by atomic mass is 127. The molecule has 7 nitrogen and oxygen atoms in total. The molecule has 2 rings (SSSR count). The monoisotopic (exact) mass is 376 g/mol. The second-order valence-corrected chi connectivity index (χ2v) is 6.27. The van der Waals surface area contributed by atoms with Gasteiger partial charge in [0.1, 0.15) is 18.3 Å². The first kappa shape index (κ1) is 13.8. The molecule has 0 aromatic heterocycles. The number of thioether (sulfide) groups is 1. The molecule has 0 N–H and O–H groups in total. The van der Waals surface area contributed by atoms with E-state index in [0.717, 1.165) is 0 Å². The fraction of sp³-hybridized carbons (Fsp3) is 0.875. The summed E-state index contributed by atoms with van der Waals surface area (Å²) in [7, 11) is 0. The van der Waals surface area contributed by atoms with Gasteiger partial charge in [0.25, 0.3) is 21.5 Å². The highest BCUT2D eigenvalue weighted by Gasteiger charge is 2.49. The van der Waals surface area contributed by atoms with Crippen molar-refractivity contribution < 1.29 is 22.2 Å². The van der Waals surface area contributed by atoms with Gasteiger partial charge >= 0.3 is 0 Å². The van der Waals surface area contributed by atoms with Crippen LogP contribution in [-0.4, -0.2) is 45.3 Å². The summed E-state index contributed by atoms with van der Waals surface area (Å²) in [6.45, 7) is 2.10. The fourth-order valence-electron chi connectivity index (χ4n) is 1.96. The van der Waals surface area contributed by atoms with Crippen LogP contribution in [0.1, 0.15) is 6.92 Å². The van der Waals surface area contributed by atoms with Crippen molar-refractivity contribution in [1.82, 2.24) is 3.44 Å². The summed E-state index contributed by atoms with van der Waals surface area (Å²) in [5, 5.41) is 10.8. The van der Waals surface area contributed by atoms with Gasteiger partial charge in [0.2, 0.25) is 0 Å². The van der Waals surface area contributed by atoms with Gasteiger partial charge in [-0.1, -0.05) is 11.8 Å². The van der Waals surface area contributed by atoms with Gasteiger partial charge in [-0.25, -0.2) is 0 Å². The molecule has 9 heteroatoms. The lowest BCUT2D eigenvalue weighted by atomic mass is 10.1. The molecule has 17 heavy (non-hydrogen) atoms. The molecular weight excluding hydrogens is 365 g/mol. The molecule has 98 valence electrons. The van der Waals surface area contributed by atoms with Gasteiger partial charge in [0.05, 0.1) is 18.5 Å². The first-order chi connectivity index (χ1) is 8.11. The number of nitrogens with zero attached hydrogens (tertiary/aromatic N) is 1. The zero-order chi connectivity index (χ0) is 12.4. The maximum Gasteiger partial charge on any atom is 0.253 e. The van der Waals surface area contributed by atoms with E-state index in [0.29, 0.717) is 6.61 Å². The van der Waals surface area contributed by atoms with Crippen molar-refractivity contribution in [3.63, 3.8) is 0 Å². The highest BCUT2D eigenvalue weighted by molar-refractivity contribution is 14.1. The third kappa shape index (κ3) is 3.22. The fourth-order valence-corrected chi connectivity index (χ4v) is 3.28. The first-order valence-electron chi connectivity index (χ1n) is 4.93. The third-order valence-electron chi connectivity index (χ3n) is 2.55. The maximum absolute atomic E-state index is 11.0. The Morgan fingerprint density at radius 3 is 2.82 bits per heavy atom. The number of hydrogen-bond acceptors (Lipinski definition) is 7. The lowest BCUT2D eigenvalue weighted by Crippen LogP contribution is -2.34. The van der Waals surface area contributed by atoms with Crippen LogP contribution < -0.4 is 0 Å². The van der Waals surface area contributed by atoms with Gasteiger partial charge in [-0.15, -0.1) is 0 Å². The van der Waals surface area contributed by atoms with Crippen LogP contribution in [0.5, 0.6) is 0 Å². The van der Waals surface area contributed by atoms with E-state index >= 15 is 0 Å². The summed E-state index contributed by atoms with van der Waals surface area (Å²) in [4.78, 5) is 15.9. The number of carbonyl (C=O) groups is 1. The van der Waals surface area contributed by atoms with E-state index in [2.05, 4.69) is 0 Å². The minimum absolute atomic E-state index is 0.00287. The molecule has 0 spiro atoms. The van der Waals surface area contributed by atoms with E-state index in [1.54, 1.807) is 0 Å². The molecule has 2 aliphatic heterocycles. The Kier molecular flexibility index (Phi) is 4.86. The zero-order valence-corrected chi connectivity index (χ0v) is 11.9. The summed E-state index contributed by atoms with van der Waals surface area (Å²) in [5.74, 6) is 0. The minimum Gasteiger partial charge on any atom is -0.751 e. The minimum atomic E-state index is -1.88. The van der Waals surface area contributed by atoms with Crippen molar-refractivity contribution in [2.75, 3.05) is 13.2 Å². The van der Waals surface area contributed by atoms with E-state index in [-0.39, 0.29) is 32.6 Å². The molecule has 2 heterocycles. The second-order valence-electron chi connectivity index (χ2n) is 3.67. The molecule has 0 aliphatic carbocycles. The SMILES string of the molecule is CC(=O)S[C@@H]1CO[C@H]2[C@@H]1OC[C@H]2ON([O-])I=O. The molecule has 0 aromatic carbocycles. The van der Waals surface area contributed by atoms with Gasteiger partial charge in [-0.05, 0) is 0 Å². The normalized spacial score (nSPS) is 36.4. The third-order valence-corrected chi connectivity index (χ3v) is 4.14. The lowest BCUT2D eigenvalue weighted by Gasteiger charge is -2.24. The van der Waals surface area contributed by atoms with E-state index in [4.69, 9.17) is 14.3 Å². The quantitative estimate of drug-likeness (QED) is 0.404. The van der Waals surface area contributed by atoms with Crippen LogP contribution in [0.3, 0.4) is 0 Å². The Morgan fingerprint density at radius 1 is 1.47 bits per heavy atom. The van der Waals surface area contributed by atoms with Crippen molar-refractivity contribution in [1.29, 1.82) is 0 Å². The maximum atomic E-state index is 11.0. The predicted molar refractivity (Wildman–Crippen MR) is 66.3 cm³/mol. The van der Waals surface area contributed by atoms with Crippen molar-refractivity contribution in [3.8, 4) is 0 Å². The van der Waals surface area contributed by atoms with Crippen LogP contribution in [0.4, 0.5) is 0 Å². The predicted octanol–water partition coefficient (Wildman–Crippen LogP) is 0.763. The van der Waals surface area contributed by atoms with Crippen LogP contribution in [0.15, 0.2) is 0 Å². The zero-order valence-electron chi connectivity index (χ0n) is 8.91. The average Bonchev–Trinajstić information content (AvgIpc) is 2.83. The van der Waals surface area contributed by atoms with Gasteiger partial charge in [0.15, 0.2) is 5.12 Å². The Morgan fingerprint density at radius 2 is 2.18 bits per heavy atom. The molecule has 2 fully saturated rings. The number of halogens is 1. The standard InChI is InChI=1S/C8H11INO6S/c1-4(11)17-6-3-15-7-5(2-14-8(6)7)16-10(13)9-12/h5-8H,2-3H2,1H3/q-1/t5-,6-,7-,8-/m1/s1. The number of hydrogen-bond donors (Lipinski definition) is 0. The summed E-state index contributed by atoms with van der Waals surface area (Å²) in [5.41, 5.74) is 0. The van der Waals surface area contributed by atoms with Crippen LogP contribution in [-0.2, 0) is 22.2 Å². The number of carbonyl (C=O) groups excluding carboxylic acids is 1. The van der Waals surface area contributed by atoms with Crippen LogP contribution in [0, 0.1) is 5.21 Å². The molecule has 4 atom stereocenters. The van der Waals surface area contributed by atoms with E-state index in [1.165, 1.54) is 18.7 Å². The van der Waals surface area contributed by atoms with E-state index in [1.807, 2.05) is 0 Å². The Balaban J connectivity index is 1.92. The molecule has 0 bridgehead atoms. The summed E-state index contributed by atoms with van der Waals surface area (Å²) in [6, 6.07) is 0. The van der Waals surface area contributed by atoms with Crippen molar-refractivity contribution in [2.24, 2.45) is 0 Å². The Hall–Kier alpha value is 0.350. The molecule has 0 unspecified atom stereocenters. The molecule has 0 saturated carbocycles. The van der Waals surface area contributed by atoms with E-state index < -0.39 is 27.6 Å². The van der Waals surface area contributed by atoms with Gasteiger partial charge in [-0.2, -0.15) is 3.44 Å². The number of ether oxygens (including phenoxy) is 2. The lowest BCUT2D eigenvalue weighted by molar-refractivity contribution is -0.119. The smallest absolute Gasteiger partial charge is 0.253 e. The molecule has 2 aliphatic rings. The Labute approximate surface area is 113 Å². The van der Waals surface area contributed by atoms with Gasteiger partial charge < -0.3 is 14.7 Å². The van der Waals surface area contributed by atoms with Crippen LogP contribution in [0.25, 0.3) is 0 Å². The Bertz CT molecular complexity index is 318. The van der Waals surface area contributed by atoms with Crippen LogP contribution in [0.2, 0.25) is 0 Å². The first-order valence-corrected chi connectivity index (χ1v) is 7.66. The summed E-state index contributed by atoms with van der Waals surface area (Å²) >= 11 is -0.709. The van der Waals surface area contributed by atoms with E-state index in [9.17, 15) is 13.1 Å². The molecule has 0 amide bonds. The average molecular weight is 376 g/mol. The topological polar surface area (TPSA) is 88.1 Å². The summed E-state index contributed by atoms with van der Waals surface area (Å²) in [6.07, 6.45) is -1.14. The number of rotatable bonds is 4. The number of fused-ring (bicyclic) bond motifs is 1. The van der Waals surface area contributed by atoms with Gasteiger partial charge in [-0.3, -0.25) is 12.7 Å². The largest absolute Gasteiger partial charge is 0.751 e. The summed E-state index contributed by atoms with van der Waals surface area (Å²) < 4.78 is 21.4. The van der Waals surface area contributed by atoms with Crippen molar-refractivity contribution in [2.45, 2.75) is 30.5 Å². The molecule has 0 aromatic rings. The van der Waals surface area contributed by atoms with Crippen molar-refractivity contribution >= 4 is 38.3 Å². The van der Waals surface area contributed by atoms with Crippen LogP contribution >= 0.6 is 33.2 Å². The second kappa shape index (κ2) is 5.99. The molecule has 2 saturated heterocycles. The molecular formula is C8H11INO6S-.